The van der Waals surface area contributed by atoms with Crippen LogP contribution in [0.2, 0.25) is 0 Å². The summed E-state index contributed by atoms with van der Waals surface area (Å²) in [4.78, 5) is 22.3. The lowest BCUT2D eigenvalue weighted by molar-refractivity contribution is 0.0599. The van der Waals surface area contributed by atoms with E-state index in [2.05, 4.69) is 4.74 Å². The second-order valence-corrected chi connectivity index (χ2v) is 4.11. The number of rotatable bonds is 3. The van der Waals surface area contributed by atoms with Crippen molar-refractivity contribution in [1.29, 1.82) is 0 Å². The molecule has 2 aromatic rings. The molecule has 0 saturated heterocycles. The molecule has 0 saturated carbocycles. The molecule has 5 nitrogen and oxygen atoms in total. The van der Waals surface area contributed by atoms with Gasteiger partial charge in [-0.05, 0) is 35.4 Å². The minimum absolute atomic E-state index is 0.169. The second-order valence-electron chi connectivity index (χ2n) is 4.11. The van der Waals surface area contributed by atoms with Crippen LogP contribution in [0, 0.1) is 0 Å². The molecule has 0 fully saturated rings. The molecular weight excluding hydrogens is 260 g/mol. The fourth-order valence-electron chi connectivity index (χ4n) is 1.84. The normalized spacial score (nSPS) is 10.1. The molecule has 0 aliphatic heterocycles. The fraction of sp³-hybridized carbons (Fsp3) is 0.0667. The van der Waals surface area contributed by atoms with Crippen LogP contribution in [0.5, 0.6) is 5.75 Å². The van der Waals surface area contributed by atoms with Crippen LogP contribution in [0.1, 0.15) is 20.7 Å². The molecule has 0 atom stereocenters. The van der Waals surface area contributed by atoms with Crippen molar-refractivity contribution in [3.63, 3.8) is 0 Å². The average Bonchev–Trinajstić information content (AvgIpc) is 2.46. The van der Waals surface area contributed by atoms with E-state index in [0.717, 1.165) is 0 Å². The van der Waals surface area contributed by atoms with Crippen LogP contribution < -0.4 is 0 Å². The van der Waals surface area contributed by atoms with Crippen molar-refractivity contribution in [2.24, 2.45) is 0 Å². The predicted octanol–water partition coefficient (Wildman–Crippen LogP) is 2.54. The first-order valence-electron chi connectivity index (χ1n) is 5.78. The minimum Gasteiger partial charge on any atom is -0.507 e. The topological polar surface area (TPSA) is 83.8 Å². The number of phenols is 1. The molecule has 2 N–H and O–H groups in total. The highest BCUT2D eigenvalue weighted by Crippen LogP contribution is 2.27. The van der Waals surface area contributed by atoms with Crippen molar-refractivity contribution in [2.45, 2.75) is 0 Å². The summed E-state index contributed by atoms with van der Waals surface area (Å²) >= 11 is 0. The van der Waals surface area contributed by atoms with Crippen molar-refractivity contribution in [1.82, 2.24) is 0 Å². The average molecular weight is 272 g/mol. The Morgan fingerprint density at radius 3 is 2.35 bits per heavy atom. The Hall–Kier alpha value is -2.82. The van der Waals surface area contributed by atoms with E-state index >= 15 is 0 Å². The van der Waals surface area contributed by atoms with Gasteiger partial charge in [0.1, 0.15) is 11.3 Å². The fourth-order valence-corrected chi connectivity index (χ4v) is 1.84. The number of ether oxygens (including phenoxy) is 1. The monoisotopic (exact) mass is 272 g/mol. The van der Waals surface area contributed by atoms with Crippen LogP contribution in [0.4, 0.5) is 0 Å². The number of hydrogen-bond acceptors (Lipinski definition) is 4. The molecule has 20 heavy (non-hydrogen) atoms. The summed E-state index contributed by atoms with van der Waals surface area (Å²) in [5.41, 5.74) is 1.50. The van der Waals surface area contributed by atoms with E-state index in [4.69, 9.17) is 5.11 Å². The van der Waals surface area contributed by atoms with Gasteiger partial charge in [0.2, 0.25) is 0 Å². The Bertz CT molecular complexity index is 676. The first kappa shape index (κ1) is 13.6. The van der Waals surface area contributed by atoms with Crippen molar-refractivity contribution < 1.29 is 24.5 Å². The van der Waals surface area contributed by atoms with E-state index in [9.17, 15) is 14.7 Å². The number of carboxylic acid groups (broad SMARTS) is 1. The Kier molecular flexibility index (Phi) is 3.70. The molecular formula is C15H12O5. The zero-order valence-corrected chi connectivity index (χ0v) is 10.7. The molecule has 0 radical (unpaired) electrons. The summed E-state index contributed by atoms with van der Waals surface area (Å²) in [7, 11) is 1.29. The largest absolute Gasteiger partial charge is 0.507 e. The number of esters is 1. The Morgan fingerprint density at radius 2 is 1.75 bits per heavy atom. The third-order valence-corrected chi connectivity index (χ3v) is 2.85. The molecule has 0 bridgehead atoms. The van der Waals surface area contributed by atoms with E-state index in [1.165, 1.54) is 19.2 Å². The molecule has 0 unspecified atom stereocenters. The maximum atomic E-state index is 11.5. The van der Waals surface area contributed by atoms with E-state index in [1.54, 1.807) is 30.3 Å². The van der Waals surface area contributed by atoms with Gasteiger partial charge < -0.3 is 14.9 Å². The quantitative estimate of drug-likeness (QED) is 0.839. The van der Waals surface area contributed by atoms with Crippen molar-refractivity contribution >= 4 is 11.9 Å². The highest BCUT2D eigenvalue weighted by molar-refractivity contribution is 5.93. The van der Waals surface area contributed by atoms with Gasteiger partial charge in [0, 0.05) is 0 Å². The minimum atomic E-state index is -1.20. The first-order valence-corrected chi connectivity index (χ1v) is 5.78. The van der Waals surface area contributed by atoms with Gasteiger partial charge in [-0.1, -0.05) is 18.2 Å². The van der Waals surface area contributed by atoms with Gasteiger partial charge >= 0.3 is 11.9 Å². The third kappa shape index (κ3) is 2.61. The summed E-state index contributed by atoms with van der Waals surface area (Å²) in [5.74, 6) is -1.98. The van der Waals surface area contributed by atoms with Crippen LogP contribution >= 0.6 is 0 Å². The Balaban J connectivity index is 2.44. The van der Waals surface area contributed by atoms with Gasteiger partial charge in [-0.25, -0.2) is 9.59 Å². The van der Waals surface area contributed by atoms with Gasteiger partial charge in [0.05, 0.1) is 12.7 Å². The molecule has 102 valence electrons. The molecule has 0 aliphatic carbocycles. The van der Waals surface area contributed by atoms with Crippen LogP contribution in [-0.2, 0) is 4.74 Å². The summed E-state index contributed by atoms with van der Waals surface area (Å²) in [6.07, 6.45) is 0. The zero-order chi connectivity index (χ0) is 14.7. The van der Waals surface area contributed by atoms with Crippen molar-refractivity contribution in [3.8, 4) is 16.9 Å². The molecule has 0 amide bonds. The van der Waals surface area contributed by atoms with Crippen molar-refractivity contribution in [3.05, 3.63) is 53.6 Å². The molecule has 5 heteroatoms. The lowest BCUT2D eigenvalue weighted by Crippen LogP contribution is -2.01. The lowest BCUT2D eigenvalue weighted by atomic mass is 10.0. The zero-order valence-electron chi connectivity index (χ0n) is 10.7. The summed E-state index contributed by atoms with van der Waals surface area (Å²) in [6.45, 7) is 0. The number of benzene rings is 2. The number of carbonyl (C=O) groups is 2. The maximum Gasteiger partial charge on any atom is 0.339 e. The van der Waals surface area contributed by atoms with Crippen molar-refractivity contribution in [2.75, 3.05) is 7.11 Å². The van der Waals surface area contributed by atoms with Gasteiger partial charge in [0.25, 0.3) is 0 Å². The maximum absolute atomic E-state index is 11.5. The number of carboxylic acids is 1. The van der Waals surface area contributed by atoms with Crippen LogP contribution in [0.3, 0.4) is 0 Å². The number of aromatic hydroxyl groups is 1. The van der Waals surface area contributed by atoms with Gasteiger partial charge in [-0.3, -0.25) is 0 Å². The number of methoxy groups -OCH3 is 1. The molecule has 0 heterocycles. The van der Waals surface area contributed by atoms with E-state index < -0.39 is 11.9 Å². The summed E-state index contributed by atoms with van der Waals surface area (Å²) < 4.78 is 4.64. The number of hydrogen-bond donors (Lipinski definition) is 2. The molecule has 0 spiro atoms. The van der Waals surface area contributed by atoms with E-state index in [1.807, 2.05) is 0 Å². The smallest absolute Gasteiger partial charge is 0.339 e. The van der Waals surface area contributed by atoms with Crippen LogP contribution in [-0.4, -0.2) is 29.3 Å². The SMILES string of the molecule is COC(=O)c1cccc(-c2ccc(C(=O)O)c(O)c2)c1. The van der Waals surface area contributed by atoms with Gasteiger partial charge in [-0.15, -0.1) is 0 Å². The molecule has 0 aromatic heterocycles. The Labute approximate surface area is 115 Å². The number of aromatic carboxylic acids is 1. The van der Waals surface area contributed by atoms with Crippen LogP contribution in [0.25, 0.3) is 11.1 Å². The molecule has 2 aromatic carbocycles. The standard InChI is InChI=1S/C15H12O5/c1-20-15(19)11-4-2-3-9(7-11)10-5-6-12(14(17)18)13(16)8-10/h2-8,16H,1H3,(H,17,18). The number of carbonyl (C=O) groups excluding carboxylic acids is 1. The second kappa shape index (κ2) is 5.44. The molecule has 2 rings (SSSR count). The highest BCUT2D eigenvalue weighted by atomic mass is 16.5. The Morgan fingerprint density at radius 1 is 1.05 bits per heavy atom. The van der Waals surface area contributed by atoms with E-state index in [-0.39, 0.29) is 11.3 Å². The lowest BCUT2D eigenvalue weighted by Gasteiger charge is -2.06. The summed E-state index contributed by atoms with van der Waals surface area (Å²) in [6, 6.07) is 10.9. The predicted molar refractivity (Wildman–Crippen MR) is 71.8 cm³/mol. The summed E-state index contributed by atoms with van der Waals surface area (Å²) in [5, 5.41) is 18.5. The van der Waals surface area contributed by atoms with E-state index in [0.29, 0.717) is 16.7 Å². The van der Waals surface area contributed by atoms with Crippen LogP contribution in [0.15, 0.2) is 42.5 Å². The highest BCUT2D eigenvalue weighted by Gasteiger charge is 2.11. The first-order chi connectivity index (χ1) is 9.52. The van der Waals surface area contributed by atoms with Gasteiger partial charge in [0.15, 0.2) is 0 Å². The van der Waals surface area contributed by atoms with Gasteiger partial charge in [-0.2, -0.15) is 0 Å². The molecule has 0 aliphatic rings. The third-order valence-electron chi connectivity index (χ3n) is 2.85.